The van der Waals surface area contributed by atoms with Crippen molar-refractivity contribution in [1.29, 1.82) is 0 Å². The van der Waals surface area contributed by atoms with Crippen molar-refractivity contribution < 1.29 is 27.8 Å². The van der Waals surface area contributed by atoms with Crippen LogP contribution in [0.4, 0.5) is 13.8 Å². The molecule has 11 heteroatoms. The number of ether oxygens (including phenoxy) is 2. The maximum Gasteiger partial charge on any atom is 0.348 e. The molecular formula is C21H19F2N3O5S. The van der Waals surface area contributed by atoms with Crippen molar-refractivity contribution >= 4 is 28.2 Å². The van der Waals surface area contributed by atoms with E-state index in [2.05, 4.69) is 10.4 Å². The van der Waals surface area contributed by atoms with E-state index in [1.807, 2.05) is 0 Å². The molecule has 1 amide bonds. The number of carbonyl (C=O) groups excluding carboxylic acids is 2. The lowest BCUT2D eigenvalue weighted by Crippen LogP contribution is -2.30. The van der Waals surface area contributed by atoms with Crippen LogP contribution < -0.4 is 15.6 Å². The molecule has 2 heterocycles. The average molecular weight is 463 g/mol. The Balaban J connectivity index is 1.92. The third-order valence-electron chi connectivity index (χ3n) is 4.06. The molecule has 0 aliphatic rings. The van der Waals surface area contributed by atoms with Gasteiger partial charge in [0.15, 0.2) is 0 Å². The third-order valence-corrected chi connectivity index (χ3v) is 5.04. The molecule has 8 nitrogen and oxygen atoms in total. The van der Waals surface area contributed by atoms with Crippen LogP contribution in [-0.4, -0.2) is 41.3 Å². The number of esters is 1. The number of aromatic nitrogens is 2. The van der Waals surface area contributed by atoms with Gasteiger partial charge in [-0.1, -0.05) is 12.1 Å². The molecule has 3 aromatic rings. The highest BCUT2D eigenvalue weighted by atomic mass is 32.1. The van der Waals surface area contributed by atoms with Crippen molar-refractivity contribution in [1.82, 2.24) is 9.78 Å². The Morgan fingerprint density at radius 3 is 2.69 bits per heavy atom. The van der Waals surface area contributed by atoms with Gasteiger partial charge in [-0.2, -0.15) is 9.78 Å². The van der Waals surface area contributed by atoms with E-state index in [1.165, 1.54) is 30.3 Å². The monoisotopic (exact) mass is 463 g/mol. The lowest BCUT2D eigenvalue weighted by molar-refractivity contribution is 0.0532. The maximum atomic E-state index is 13.0. The number of hydrogen-bond donors (Lipinski definition) is 1. The fourth-order valence-corrected chi connectivity index (χ4v) is 3.54. The van der Waals surface area contributed by atoms with E-state index in [0.29, 0.717) is 15.6 Å². The lowest BCUT2D eigenvalue weighted by Gasteiger charge is -2.13. The molecule has 1 N–H and O–H groups in total. The standard InChI is InChI=1S/C21H19F2N3O5S/c1-3-30-21(29)16-8-9-18(32-16)24-19(27)13-10-12(2)25-26(20(13)28)14-6-4-5-7-15(14)31-11-17(22)23/h4-10,17H,3,11H2,1-2H3,(H,24,27). The van der Waals surface area contributed by atoms with Crippen LogP contribution in [0.15, 0.2) is 47.3 Å². The molecule has 0 spiro atoms. The predicted molar refractivity (Wildman–Crippen MR) is 114 cm³/mol. The summed E-state index contributed by atoms with van der Waals surface area (Å²) in [4.78, 5) is 37.9. The fraction of sp³-hybridized carbons (Fsp3) is 0.238. The molecule has 0 bridgehead atoms. The highest BCUT2D eigenvalue weighted by Crippen LogP contribution is 2.24. The second-order valence-corrected chi connectivity index (χ2v) is 7.51. The van der Waals surface area contributed by atoms with Crippen LogP contribution in [0.1, 0.15) is 32.6 Å². The minimum atomic E-state index is -2.70. The Labute approximate surface area is 185 Å². The van der Waals surface area contributed by atoms with Gasteiger partial charge in [0.05, 0.1) is 17.3 Å². The van der Waals surface area contributed by atoms with E-state index >= 15 is 0 Å². The van der Waals surface area contributed by atoms with E-state index in [1.54, 1.807) is 26.0 Å². The van der Waals surface area contributed by atoms with Gasteiger partial charge in [0.1, 0.15) is 28.5 Å². The van der Waals surface area contributed by atoms with Crippen molar-refractivity contribution in [3.8, 4) is 11.4 Å². The number of carbonyl (C=O) groups is 2. The Morgan fingerprint density at radius 2 is 1.97 bits per heavy atom. The van der Waals surface area contributed by atoms with Gasteiger partial charge < -0.3 is 14.8 Å². The number of alkyl halides is 2. The highest BCUT2D eigenvalue weighted by Gasteiger charge is 2.19. The second-order valence-electron chi connectivity index (χ2n) is 6.42. The molecule has 2 aromatic heterocycles. The quantitative estimate of drug-likeness (QED) is 0.512. The minimum absolute atomic E-state index is 0.0247. The zero-order chi connectivity index (χ0) is 23.3. The SMILES string of the molecule is CCOC(=O)c1ccc(NC(=O)c2cc(C)nn(-c3ccccc3OCC(F)F)c2=O)s1. The summed E-state index contributed by atoms with van der Waals surface area (Å²) in [5.41, 5.74) is -0.510. The molecule has 3 rings (SSSR count). The molecule has 0 aliphatic heterocycles. The minimum Gasteiger partial charge on any atom is -0.485 e. The van der Waals surface area contributed by atoms with E-state index in [0.717, 1.165) is 16.0 Å². The number of halogens is 2. The topological polar surface area (TPSA) is 99.5 Å². The second kappa shape index (κ2) is 10.1. The summed E-state index contributed by atoms with van der Waals surface area (Å²) in [6.07, 6.45) is -2.70. The van der Waals surface area contributed by atoms with Gasteiger partial charge in [0, 0.05) is 0 Å². The highest BCUT2D eigenvalue weighted by molar-refractivity contribution is 7.18. The zero-order valence-electron chi connectivity index (χ0n) is 17.1. The fourth-order valence-electron chi connectivity index (χ4n) is 2.75. The van der Waals surface area contributed by atoms with E-state index in [9.17, 15) is 23.2 Å². The lowest BCUT2D eigenvalue weighted by atomic mass is 10.2. The van der Waals surface area contributed by atoms with Gasteiger partial charge in [-0.25, -0.2) is 13.6 Å². The number of hydrogen-bond acceptors (Lipinski definition) is 7. The van der Waals surface area contributed by atoms with Crippen molar-refractivity contribution in [3.63, 3.8) is 0 Å². The molecule has 0 fully saturated rings. The van der Waals surface area contributed by atoms with Gasteiger partial charge in [-0.15, -0.1) is 11.3 Å². The summed E-state index contributed by atoms with van der Waals surface area (Å²) in [5, 5.41) is 7.05. The van der Waals surface area contributed by atoms with Crippen molar-refractivity contribution in [2.45, 2.75) is 20.3 Å². The Hall–Kier alpha value is -3.60. The predicted octanol–water partition coefficient (Wildman–Crippen LogP) is 3.68. The van der Waals surface area contributed by atoms with Crippen molar-refractivity contribution in [2.24, 2.45) is 0 Å². The third kappa shape index (κ3) is 5.35. The molecule has 0 saturated heterocycles. The first kappa shape index (κ1) is 23.1. The number of thiophene rings is 1. The molecule has 0 radical (unpaired) electrons. The number of nitrogens with one attached hydrogen (secondary N) is 1. The van der Waals surface area contributed by atoms with Crippen molar-refractivity contribution in [3.05, 3.63) is 69.0 Å². The van der Waals surface area contributed by atoms with Crippen LogP contribution in [-0.2, 0) is 4.74 Å². The zero-order valence-corrected chi connectivity index (χ0v) is 17.9. The molecule has 168 valence electrons. The molecular weight excluding hydrogens is 444 g/mol. The molecule has 0 unspecified atom stereocenters. The van der Waals surface area contributed by atoms with Crippen LogP contribution in [0, 0.1) is 6.92 Å². The summed E-state index contributed by atoms with van der Waals surface area (Å²) in [6, 6.07) is 10.4. The van der Waals surface area contributed by atoms with Crippen LogP contribution >= 0.6 is 11.3 Å². The summed E-state index contributed by atoms with van der Waals surface area (Å²) < 4.78 is 36.1. The summed E-state index contributed by atoms with van der Waals surface area (Å²) in [5.74, 6) is -1.20. The average Bonchev–Trinajstić information content (AvgIpc) is 3.22. The number of para-hydroxylation sites is 2. The summed E-state index contributed by atoms with van der Waals surface area (Å²) >= 11 is 1.00. The van der Waals surface area contributed by atoms with Crippen LogP contribution in [0.3, 0.4) is 0 Å². The van der Waals surface area contributed by atoms with Crippen LogP contribution in [0.25, 0.3) is 5.69 Å². The molecule has 0 atom stereocenters. The van der Waals surface area contributed by atoms with Crippen LogP contribution in [0.5, 0.6) is 5.75 Å². The molecule has 0 saturated carbocycles. The normalized spacial score (nSPS) is 10.8. The van der Waals surface area contributed by atoms with Gasteiger partial charge in [-0.3, -0.25) is 9.59 Å². The van der Waals surface area contributed by atoms with Gasteiger partial charge in [0.25, 0.3) is 17.9 Å². The van der Waals surface area contributed by atoms with Gasteiger partial charge in [-0.05, 0) is 44.2 Å². The Bertz CT molecular complexity index is 1190. The largest absolute Gasteiger partial charge is 0.485 e. The molecule has 0 aliphatic carbocycles. The summed E-state index contributed by atoms with van der Waals surface area (Å²) in [6.45, 7) is 2.63. The van der Waals surface area contributed by atoms with Gasteiger partial charge in [0.2, 0.25) is 0 Å². The first-order chi connectivity index (χ1) is 15.3. The maximum absolute atomic E-state index is 13.0. The number of nitrogens with zero attached hydrogens (tertiary/aromatic N) is 2. The molecule has 32 heavy (non-hydrogen) atoms. The number of aryl methyl sites for hydroxylation is 1. The first-order valence-electron chi connectivity index (χ1n) is 9.49. The number of rotatable bonds is 8. The van der Waals surface area contributed by atoms with Crippen LogP contribution in [0.2, 0.25) is 0 Å². The van der Waals surface area contributed by atoms with E-state index < -0.39 is 30.5 Å². The Kier molecular flexibility index (Phi) is 7.31. The first-order valence-corrected chi connectivity index (χ1v) is 10.3. The number of anilines is 1. The Morgan fingerprint density at radius 1 is 1.22 bits per heavy atom. The van der Waals surface area contributed by atoms with E-state index in [4.69, 9.17) is 9.47 Å². The smallest absolute Gasteiger partial charge is 0.348 e. The molecule has 1 aromatic carbocycles. The number of benzene rings is 1. The van der Waals surface area contributed by atoms with Crippen molar-refractivity contribution in [2.75, 3.05) is 18.5 Å². The van der Waals surface area contributed by atoms with E-state index in [-0.39, 0.29) is 23.6 Å². The summed E-state index contributed by atoms with van der Waals surface area (Å²) in [7, 11) is 0. The van der Waals surface area contributed by atoms with Gasteiger partial charge >= 0.3 is 5.97 Å². The number of amides is 1.